The van der Waals surface area contributed by atoms with Crippen LogP contribution in [-0.4, -0.2) is 26.0 Å². The largest absolute Gasteiger partial charge is 0.316 e. The minimum absolute atomic E-state index is 0.198. The summed E-state index contributed by atoms with van der Waals surface area (Å²) in [5, 5.41) is 3.35. The predicted octanol–water partition coefficient (Wildman–Crippen LogP) is 3.71. The predicted molar refractivity (Wildman–Crippen MR) is 95.5 cm³/mol. The topological polar surface area (TPSA) is 32.3 Å². The summed E-state index contributed by atoms with van der Waals surface area (Å²) >= 11 is 0. The van der Waals surface area contributed by atoms with Crippen LogP contribution < -0.4 is 10.2 Å². The summed E-state index contributed by atoms with van der Waals surface area (Å²) < 4.78 is 0. The normalized spacial score (nSPS) is 17.2. The molecule has 1 N–H and O–H groups in total. The monoisotopic (exact) mass is 308 g/mol. The second-order valence-electron chi connectivity index (χ2n) is 6.26. The van der Waals surface area contributed by atoms with E-state index >= 15 is 0 Å². The van der Waals surface area contributed by atoms with Gasteiger partial charge in [0.2, 0.25) is 5.91 Å². The molecule has 0 spiro atoms. The van der Waals surface area contributed by atoms with E-state index in [4.69, 9.17) is 0 Å². The number of nitrogens with one attached hydrogen (secondary N) is 1. The summed E-state index contributed by atoms with van der Waals surface area (Å²) in [6.45, 7) is 2.15. The van der Waals surface area contributed by atoms with Crippen molar-refractivity contribution in [1.29, 1.82) is 0 Å². The molecule has 23 heavy (non-hydrogen) atoms. The van der Waals surface area contributed by atoms with Gasteiger partial charge in [-0.1, -0.05) is 42.5 Å². The van der Waals surface area contributed by atoms with Crippen molar-refractivity contribution in [1.82, 2.24) is 5.32 Å². The minimum Gasteiger partial charge on any atom is -0.316 e. The third-order valence-corrected chi connectivity index (χ3v) is 4.66. The number of benzene rings is 2. The number of anilines is 1. The van der Waals surface area contributed by atoms with E-state index in [2.05, 4.69) is 29.6 Å². The molecule has 1 atom stereocenters. The minimum atomic E-state index is 0.198. The quantitative estimate of drug-likeness (QED) is 0.913. The average molecular weight is 308 g/mol. The lowest BCUT2D eigenvalue weighted by Crippen LogP contribution is -2.26. The van der Waals surface area contributed by atoms with Crippen molar-refractivity contribution in [3.8, 4) is 11.1 Å². The van der Waals surface area contributed by atoms with Crippen LogP contribution in [-0.2, 0) is 4.79 Å². The molecule has 0 radical (unpaired) electrons. The van der Waals surface area contributed by atoms with E-state index in [-0.39, 0.29) is 5.91 Å². The van der Waals surface area contributed by atoms with Gasteiger partial charge < -0.3 is 10.2 Å². The fraction of sp³-hybridized carbons (Fsp3) is 0.350. The van der Waals surface area contributed by atoms with Gasteiger partial charge in [0.25, 0.3) is 0 Å². The van der Waals surface area contributed by atoms with Crippen LogP contribution in [0.15, 0.2) is 54.6 Å². The van der Waals surface area contributed by atoms with Gasteiger partial charge in [-0.2, -0.15) is 0 Å². The lowest BCUT2D eigenvalue weighted by molar-refractivity contribution is -0.118. The molecule has 1 aliphatic heterocycles. The fourth-order valence-electron chi connectivity index (χ4n) is 3.11. The van der Waals surface area contributed by atoms with Gasteiger partial charge >= 0.3 is 0 Å². The molecule has 0 aromatic heterocycles. The maximum Gasteiger partial charge on any atom is 0.226 e. The summed E-state index contributed by atoms with van der Waals surface area (Å²) in [6.07, 6.45) is 2.81. The Labute approximate surface area is 138 Å². The Hall–Kier alpha value is -2.13. The van der Waals surface area contributed by atoms with Gasteiger partial charge in [0.15, 0.2) is 0 Å². The Morgan fingerprint density at radius 3 is 2.43 bits per heavy atom. The Kier molecular flexibility index (Phi) is 5.09. The summed E-state index contributed by atoms with van der Waals surface area (Å²) in [5.41, 5.74) is 3.33. The molecule has 3 heteroatoms. The van der Waals surface area contributed by atoms with Gasteiger partial charge in [-0.3, -0.25) is 4.79 Å². The smallest absolute Gasteiger partial charge is 0.226 e. The number of nitrogens with zero attached hydrogens (tertiary/aromatic N) is 1. The Morgan fingerprint density at radius 2 is 1.78 bits per heavy atom. The highest BCUT2D eigenvalue weighted by atomic mass is 16.2. The molecule has 0 bridgehead atoms. The molecular weight excluding hydrogens is 284 g/mol. The molecular formula is C20H24N2O. The van der Waals surface area contributed by atoms with Crippen LogP contribution in [0.25, 0.3) is 11.1 Å². The van der Waals surface area contributed by atoms with Gasteiger partial charge in [-0.05, 0) is 55.1 Å². The first kappa shape index (κ1) is 15.8. The number of rotatable bonds is 5. The maximum absolute atomic E-state index is 12.4. The van der Waals surface area contributed by atoms with Crippen LogP contribution in [0.2, 0.25) is 0 Å². The zero-order chi connectivity index (χ0) is 16.1. The Balaban J connectivity index is 1.60. The zero-order valence-electron chi connectivity index (χ0n) is 13.7. The van der Waals surface area contributed by atoms with Crippen LogP contribution in [0.5, 0.6) is 0 Å². The van der Waals surface area contributed by atoms with Gasteiger partial charge in [0.05, 0.1) is 0 Å². The number of carbonyl (C=O) groups is 1. The van der Waals surface area contributed by atoms with Crippen LogP contribution in [0.3, 0.4) is 0 Å². The second-order valence-corrected chi connectivity index (χ2v) is 6.26. The molecule has 1 aliphatic rings. The van der Waals surface area contributed by atoms with E-state index in [1.807, 2.05) is 37.4 Å². The summed E-state index contributed by atoms with van der Waals surface area (Å²) in [7, 11) is 1.87. The van der Waals surface area contributed by atoms with E-state index < -0.39 is 0 Å². The van der Waals surface area contributed by atoms with E-state index in [9.17, 15) is 4.79 Å². The fourth-order valence-corrected chi connectivity index (χ4v) is 3.11. The lowest BCUT2D eigenvalue weighted by Gasteiger charge is -2.18. The zero-order valence-corrected chi connectivity index (χ0v) is 13.7. The van der Waals surface area contributed by atoms with Gasteiger partial charge in [0, 0.05) is 19.2 Å². The number of hydrogen-bond donors (Lipinski definition) is 1. The van der Waals surface area contributed by atoms with E-state index in [1.54, 1.807) is 4.90 Å². The van der Waals surface area contributed by atoms with Crippen LogP contribution in [0.1, 0.15) is 19.3 Å². The molecule has 1 amide bonds. The van der Waals surface area contributed by atoms with E-state index in [1.165, 1.54) is 17.5 Å². The standard InChI is InChI=1S/C20H24N2O/c1-22(20(23)12-7-16-13-14-21-15-16)19-10-8-18(9-11-19)17-5-3-2-4-6-17/h2-6,8-11,16,21H,7,12-15H2,1H3. The SMILES string of the molecule is CN(C(=O)CCC1CCNC1)c1ccc(-c2ccccc2)cc1. The molecule has 2 aromatic rings. The molecule has 3 rings (SSSR count). The van der Waals surface area contributed by atoms with Crippen molar-refractivity contribution >= 4 is 11.6 Å². The lowest BCUT2D eigenvalue weighted by atomic mass is 10.0. The van der Waals surface area contributed by atoms with Crippen LogP contribution in [0.4, 0.5) is 5.69 Å². The Bertz CT molecular complexity index is 630. The van der Waals surface area contributed by atoms with E-state index in [0.717, 1.165) is 25.2 Å². The van der Waals surface area contributed by atoms with Crippen molar-refractivity contribution < 1.29 is 4.79 Å². The van der Waals surface area contributed by atoms with Gasteiger partial charge in [-0.15, -0.1) is 0 Å². The first-order chi connectivity index (χ1) is 11.2. The molecule has 1 unspecified atom stereocenters. The summed E-state index contributed by atoms with van der Waals surface area (Å²) in [5.74, 6) is 0.858. The molecule has 0 saturated carbocycles. The van der Waals surface area contributed by atoms with Crippen molar-refractivity contribution in [2.75, 3.05) is 25.0 Å². The van der Waals surface area contributed by atoms with Crippen molar-refractivity contribution in [3.63, 3.8) is 0 Å². The molecule has 2 aromatic carbocycles. The molecule has 1 saturated heterocycles. The Morgan fingerprint density at radius 1 is 1.09 bits per heavy atom. The van der Waals surface area contributed by atoms with Gasteiger partial charge in [0.1, 0.15) is 0 Å². The first-order valence-corrected chi connectivity index (χ1v) is 8.37. The molecule has 1 heterocycles. The highest BCUT2D eigenvalue weighted by Gasteiger charge is 2.17. The molecule has 0 aliphatic carbocycles. The first-order valence-electron chi connectivity index (χ1n) is 8.37. The number of hydrogen-bond acceptors (Lipinski definition) is 2. The third-order valence-electron chi connectivity index (χ3n) is 4.66. The van der Waals surface area contributed by atoms with Crippen molar-refractivity contribution in [2.24, 2.45) is 5.92 Å². The van der Waals surface area contributed by atoms with Crippen LogP contribution >= 0.6 is 0 Å². The highest BCUT2D eigenvalue weighted by molar-refractivity contribution is 5.93. The third kappa shape index (κ3) is 3.99. The number of amides is 1. The average Bonchev–Trinajstić information content (AvgIpc) is 3.13. The van der Waals surface area contributed by atoms with E-state index in [0.29, 0.717) is 12.3 Å². The number of carbonyl (C=O) groups excluding carboxylic acids is 1. The van der Waals surface area contributed by atoms with Crippen molar-refractivity contribution in [2.45, 2.75) is 19.3 Å². The molecule has 120 valence electrons. The highest BCUT2D eigenvalue weighted by Crippen LogP contribution is 2.23. The summed E-state index contributed by atoms with van der Waals surface area (Å²) in [4.78, 5) is 14.1. The van der Waals surface area contributed by atoms with Crippen molar-refractivity contribution in [3.05, 3.63) is 54.6 Å². The summed E-state index contributed by atoms with van der Waals surface area (Å²) in [6, 6.07) is 18.5. The maximum atomic E-state index is 12.4. The second kappa shape index (κ2) is 7.42. The molecule has 3 nitrogen and oxygen atoms in total. The molecule has 1 fully saturated rings. The van der Waals surface area contributed by atoms with Crippen LogP contribution in [0, 0.1) is 5.92 Å². The van der Waals surface area contributed by atoms with Gasteiger partial charge in [-0.25, -0.2) is 0 Å².